The van der Waals surface area contributed by atoms with Crippen LogP contribution in [-0.2, 0) is 27.3 Å². The predicted octanol–water partition coefficient (Wildman–Crippen LogP) is 2.57. The van der Waals surface area contributed by atoms with Crippen molar-refractivity contribution in [1.82, 2.24) is 25.8 Å². The van der Waals surface area contributed by atoms with Crippen LogP contribution in [0, 0.1) is 5.41 Å². The van der Waals surface area contributed by atoms with Crippen LogP contribution in [0.2, 0.25) is 0 Å². The molecule has 3 aromatic rings. The van der Waals surface area contributed by atoms with Crippen molar-refractivity contribution < 1.29 is 19.5 Å². The molecule has 41 heavy (non-hydrogen) atoms. The van der Waals surface area contributed by atoms with E-state index < -0.39 is 23.6 Å². The first kappa shape index (κ1) is 30.1. The topological polar surface area (TPSA) is 124 Å². The first-order valence-electron chi connectivity index (χ1n) is 14.3. The fourth-order valence-corrected chi connectivity index (χ4v) is 5.08. The van der Waals surface area contributed by atoms with Gasteiger partial charge in [-0.1, -0.05) is 69.3 Å². The molecule has 3 amide bonds. The highest BCUT2D eigenvalue weighted by molar-refractivity contribution is 5.93. The number of nitrogens with zero attached hydrogens (tertiary/aromatic N) is 2. The van der Waals surface area contributed by atoms with Gasteiger partial charge < -0.3 is 26.0 Å². The van der Waals surface area contributed by atoms with E-state index in [1.54, 1.807) is 11.1 Å². The molecular formula is C32H41N5O4. The molecule has 1 fully saturated rings. The molecule has 9 nitrogen and oxygen atoms in total. The average molecular weight is 560 g/mol. The van der Waals surface area contributed by atoms with Gasteiger partial charge in [0.05, 0.1) is 11.8 Å². The summed E-state index contributed by atoms with van der Waals surface area (Å²) in [6.07, 6.45) is 2.45. The molecule has 0 spiro atoms. The molecule has 1 aliphatic rings. The Labute approximate surface area is 241 Å². The van der Waals surface area contributed by atoms with E-state index in [2.05, 4.69) is 20.9 Å². The lowest BCUT2D eigenvalue weighted by Crippen LogP contribution is -2.55. The van der Waals surface area contributed by atoms with Crippen molar-refractivity contribution in [3.63, 3.8) is 0 Å². The monoisotopic (exact) mass is 559 g/mol. The summed E-state index contributed by atoms with van der Waals surface area (Å²) in [5, 5.41) is 21.5. The van der Waals surface area contributed by atoms with Crippen molar-refractivity contribution in [2.24, 2.45) is 5.41 Å². The van der Waals surface area contributed by atoms with Gasteiger partial charge in [-0.05, 0) is 41.3 Å². The van der Waals surface area contributed by atoms with E-state index in [4.69, 9.17) is 0 Å². The maximum Gasteiger partial charge on any atom is 0.243 e. The quantitative estimate of drug-likeness (QED) is 0.286. The van der Waals surface area contributed by atoms with Crippen molar-refractivity contribution in [3.05, 3.63) is 78.1 Å². The molecular weight excluding hydrogens is 518 g/mol. The van der Waals surface area contributed by atoms with Gasteiger partial charge in [0, 0.05) is 44.2 Å². The molecule has 0 bridgehead atoms. The fraction of sp³-hybridized carbons (Fsp3) is 0.438. The number of pyridine rings is 1. The van der Waals surface area contributed by atoms with Crippen molar-refractivity contribution in [1.29, 1.82) is 0 Å². The summed E-state index contributed by atoms with van der Waals surface area (Å²) in [7, 11) is 0. The molecule has 218 valence electrons. The first-order valence-corrected chi connectivity index (χ1v) is 14.3. The molecule has 2 aromatic carbocycles. The summed E-state index contributed by atoms with van der Waals surface area (Å²) in [6, 6.07) is 18.1. The van der Waals surface area contributed by atoms with E-state index in [0.29, 0.717) is 19.5 Å². The van der Waals surface area contributed by atoms with Gasteiger partial charge in [-0.2, -0.15) is 0 Å². The van der Waals surface area contributed by atoms with Gasteiger partial charge in [-0.3, -0.25) is 19.4 Å². The number of amides is 3. The lowest BCUT2D eigenvalue weighted by atomic mass is 9.94. The van der Waals surface area contributed by atoms with Crippen LogP contribution in [0.1, 0.15) is 44.9 Å². The number of carbonyl (C=O) groups is 3. The van der Waals surface area contributed by atoms with Crippen LogP contribution in [0.3, 0.4) is 0 Å². The number of hydrogen-bond acceptors (Lipinski definition) is 6. The molecule has 9 heteroatoms. The van der Waals surface area contributed by atoms with Crippen LogP contribution in [0.5, 0.6) is 0 Å². The second-order valence-corrected chi connectivity index (χ2v) is 11.7. The second kappa shape index (κ2) is 13.7. The smallest absolute Gasteiger partial charge is 0.243 e. The van der Waals surface area contributed by atoms with E-state index in [9.17, 15) is 19.5 Å². The van der Waals surface area contributed by atoms with Gasteiger partial charge in [0.25, 0.3) is 0 Å². The Morgan fingerprint density at radius 3 is 2.51 bits per heavy atom. The Morgan fingerprint density at radius 2 is 1.78 bits per heavy atom. The summed E-state index contributed by atoms with van der Waals surface area (Å²) >= 11 is 0. The van der Waals surface area contributed by atoms with Crippen LogP contribution in [-0.4, -0.2) is 70.5 Å². The molecule has 1 aliphatic heterocycles. The highest BCUT2D eigenvalue weighted by Gasteiger charge is 2.39. The minimum Gasteiger partial charge on any atom is -0.390 e. The number of aromatic nitrogens is 1. The van der Waals surface area contributed by atoms with Crippen LogP contribution in [0.25, 0.3) is 10.8 Å². The molecule has 2 heterocycles. The molecule has 1 saturated heterocycles. The summed E-state index contributed by atoms with van der Waals surface area (Å²) in [5.74, 6) is -0.799. The number of carbonyl (C=O) groups excluding carboxylic acids is 3. The summed E-state index contributed by atoms with van der Waals surface area (Å²) in [4.78, 5) is 45.7. The third kappa shape index (κ3) is 8.34. The maximum atomic E-state index is 13.5. The van der Waals surface area contributed by atoms with E-state index >= 15 is 0 Å². The molecule has 4 N–H and O–H groups in total. The van der Waals surface area contributed by atoms with Crippen molar-refractivity contribution in [2.75, 3.05) is 19.6 Å². The zero-order chi connectivity index (χ0) is 29.4. The number of benzene rings is 2. The van der Waals surface area contributed by atoms with E-state index in [1.165, 1.54) is 0 Å². The number of hydrogen-bond donors (Lipinski definition) is 4. The van der Waals surface area contributed by atoms with Gasteiger partial charge >= 0.3 is 0 Å². The largest absolute Gasteiger partial charge is 0.390 e. The first-order chi connectivity index (χ1) is 19.6. The Kier molecular flexibility index (Phi) is 10.1. The van der Waals surface area contributed by atoms with Gasteiger partial charge in [0.15, 0.2) is 0 Å². The molecule has 0 aliphatic carbocycles. The van der Waals surface area contributed by atoms with E-state index in [0.717, 1.165) is 28.5 Å². The number of nitrogens with one attached hydrogen (secondary N) is 3. The molecule has 1 aromatic heterocycles. The highest BCUT2D eigenvalue weighted by atomic mass is 16.3. The normalized spacial score (nSPS) is 16.8. The minimum atomic E-state index is -0.871. The van der Waals surface area contributed by atoms with Crippen molar-refractivity contribution in [3.8, 4) is 0 Å². The lowest BCUT2D eigenvalue weighted by Gasteiger charge is -2.31. The summed E-state index contributed by atoms with van der Waals surface area (Å²) in [6.45, 7) is 6.84. The Hall–Kier alpha value is -3.82. The number of fused-ring (bicyclic) bond motifs is 1. The Morgan fingerprint density at radius 1 is 1.02 bits per heavy atom. The highest BCUT2D eigenvalue weighted by Crippen LogP contribution is 2.26. The van der Waals surface area contributed by atoms with E-state index in [-0.39, 0.29) is 37.2 Å². The standard InChI is InChI=1S/C32H41N5O4/c1-32(2,3)31(41)37-16-8-12-28(37)30(40)36-27(18-22-13-14-23-9-4-5-10-24(23)17-22)29(39)35-21-26(38)20-33-19-25-11-6-7-15-34-25/h4-7,9-11,13-15,17,26-28,33,38H,8,12,16,18-21H2,1-3H3,(H,35,39)(H,36,40)/t26?,27-,28+/m1/s1. The molecule has 3 atom stereocenters. The van der Waals surface area contributed by atoms with Crippen LogP contribution >= 0.6 is 0 Å². The average Bonchev–Trinajstić information content (AvgIpc) is 3.45. The van der Waals surface area contributed by atoms with Crippen molar-refractivity contribution in [2.45, 2.75) is 64.8 Å². The van der Waals surface area contributed by atoms with Gasteiger partial charge in [-0.15, -0.1) is 0 Å². The maximum absolute atomic E-state index is 13.5. The van der Waals surface area contributed by atoms with Crippen molar-refractivity contribution >= 4 is 28.5 Å². The second-order valence-electron chi connectivity index (χ2n) is 11.7. The SMILES string of the molecule is CC(C)(C)C(=O)N1CCC[C@H]1C(=O)N[C@H](Cc1ccc2ccccc2c1)C(=O)NCC(O)CNCc1ccccn1. The number of rotatable bonds is 11. The third-order valence-corrected chi connectivity index (χ3v) is 7.27. The Bertz CT molecular complexity index is 1340. The van der Waals surface area contributed by atoms with Crippen LogP contribution in [0.4, 0.5) is 0 Å². The molecule has 0 saturated carbocycles. The fourth-order valence-electron chi connectivity index (χ4n) is 5.08. The zero-order valence-corrected chi connectivity index (χ0v) is 24.1. The minimum absolute atomic E-state index is 0.0240. The summed E-state index contributed by atoms with van der Waals surface area (Å²) in [5.41, 5.74) is 1.15. The molecule has 0 radical (unpaired) electrons. The number of likely N-dealkylation sites (tertiary alicyclic amines) is 1. The van der Waals surface area contributed by atoms with Gasteiger partial charge in [0.2, 0.25) is 17.7 Å². The molecule has 4 rings (SSSR count). The number of aliphatic hydroxyl groups excluding tert-OH is 1. The third-order valence-electron chi connectivity index (χ3n) is 7.27. The summed E-state index contributed by atoms with van der Waals surface area (Å²) < 4.78 is 0. The van der Waals surface area contributed by atoms with Gasteiger partial charge in [-0.25, -0.2) is 0 Å². The van der Waals surface area contributed by atoms with Crippen LogP contribution in [0.15, 0.2) is 66.9 Å². The van der Waals surface area contributed by atoms with Crippen LogP contribution < -0.4 is 16.0 Å². The van der Waals surface area contributed by atoms with Gasteiger partial charge in [0.1, 0.15) is 12.1 Å². The predicted molar refractivity (Wildman–Crippen MR) is 159 cm³/mol. The lowest BCUT2D eigenvalue weighted by molar-refractivity contribution is -0.145. The Balaban J connectivity index is 1.42. The number of aliphatic hydroxyl groups is 1. The zero-order valence-electron chi connectivity index (χ0n) is 24.1. The van der Waals surface area contributed by atoms with E-state index in [1.807, 2.05) is 81.4 Å². The molecule has 1 unspecified atom stereocenters.